The van der Waals surface area contributed by atoms with Crippen molar-refractivity contribution in [3.8, 4) is 11.6 Å². The molecule has 6 heteroatoms. The quantitative estimate of drug-likeness (QED) is 0.727. The fourth-order valence-electron chi connectivity index (χ4n) is 3.17. The van der Waals surface area contributed by atoms with Gasteiger partial charge in [-0.1, -0.05) is 24.3 Å². The van der Waals surface area contributed by atoms with Crippen LogP contribution in [-0.2, 0) is 6.42 Å². The number of benzene rings is 1. The largest absolute Gasteiger partial charge is 0.488 e. The molecule has 4 rings (SSSR count). The highest BCUT2D eigenvalue weighted by Gasteiger charge is 2.32. The second kappa shape index (κ2) is 6.63. The maximum absolute atomic E-state index is 12.9. The Hall–Kier alpha value is -3.15. The monoisotopic (exact) mass is 348 g/mol. The smallest absolute Gasteiger partial charge is 0.272 e. The third kappa shape index (κ3) is 2.94. The van der Waals surface area contributed by atoms with Gasteiger partial charge in [0.05, 0.1) is 6.04 Å². The van der Waals surface area contributed by atoms with E-state index in [1.54, 1.807) is 41.3 Å². The molecular weight excluding hydrogens is 328 g/mol. The molecule has 3 heterocycles. The molecule has 0 saturated heterocycles. The summed E-state index contributed by atoms with van der Waals surface area (Å²) in [5, 5.41) is 0. The van der Waals surface area contributed by atoms with Gasteiger partial charge in [0.15, 0.2) is 0 Å². The van der Waals surface area contributed by atoms with Gasteiger partial charge in [0.25, 0.3) is 5.91 Å². The Labute approximate surface area is 152 Å². The summed E-state index contributed by atoms with van der Waals surface area (Å²) >= 11 is 0. The predicted molar refractivity (Wildman–Crippen MR) is 97.5 cm³/mol. The molecule has 0 N–H and O–H groups in total. The fourth-order valence-corrected chi connectivity index (χ4v) is 3.17. The van der Waals surface area contributed by atoms with Crippen LogP contribution in [0.4, 0.5) is 0 Å². The Morgan fingerprint density at radius 2 is 2.12 bits per heavy atom. The Bertz CT molecular complexity index is 898. The van der Waals surface area contributed by atoms with Gasteiger partial charge < -0.3 is 9.64 Å². The van der Waals surface area contributed by atoms with Gasteiger partial charge in [-0.15, -0.1) is 0 Å². The van der Waals surface area contributed by atoms with Crippen LogP contribution in [0.1, 0.15) is 23.0 Å². The van der Waals surface area contributed by atoms with Gasteiger partial charge in [-0.05, 0) is 30.7 Å². The number of rotatable bonds is 4. The predicted octanol–water partition coefficient (Wildman–Crippen LogP) is 2.73. The molecule has 26 heavy (non-hydrogen) atoms. The van der Waals surface area contributed by atoms with Crippen LogP contribution in [-0.4, -0.2) is 44.5 Å². The van der Waals surface area contributed by atoms with E-state index in [1.807, 2.05) is 37.3 Å². The van der Waals surface area contributed by atoms with Crippen molar-refractivity contribution in [2.75, 3.05) is 7.05 Å². The molecular formula is C20H20N4O2. The van der Waals surface area contributed by atoms with Crippen molar-refractivity contribution in [3.63, 3.8) is 0 Å². The zero-order valence-corrected chi connectivity index (χ0v) is 14.7. The van der Waals surface area contributed by atoms with Crippen molar-refractivity contribution in [1.29, 1.82) is 0 Å². The summed E-state index contributed by atoms with van der Waals surface area (Å²) in [5.41, 5.74) is 1.59. The zero-order valence-electron chi connectivity index (χ0n) is 14.7. The van der Waals surface area contributed by atoms with E-state index >= 15 is 0 Å². The molecule has 0 aliphatic carbocycles. The number of hydrogen-bond donors (Lipinski definition) is 0. The Kier molecular flexibility index (Phi) is 4.16. The molecule has 1 amide bonds. The van der Waals surface area contributed by atoms with Crippen molar-refractivity contribution >= 4 is 5.91 Å². The standard InChI is InChI=1S/C20H20N4O2/c1-14(18-12-15-6-3-4-8-17(15)26-18)23(2)20(25)16-7-5-9-19(22-16)24-11-10-21-13-24/h3-11,13-14,18H,12H2,1-2H3/t14-,18+/m1/s1. The van der Waals surface area contributed by atoms with Crippen LogP contribution in [0.3, 0.4) is 0 Å². The van der Waals surface area contributed by atoms with Gasteiger partial charge in [0.1, 0.15) is 29.7 Å². The number of nitrogens with zero attached hydrogens (tertiary/aromatic N) is 4. The van der Waals surface area contributed by atoms with Gasteiger partial charge in [0, 0.05) is 25.9 Å². The van der Waals surface area contributed by atoms with Gasteiger partial charge in [-0.25, -0.2) is 9.97 Å². The van der Waals surface area contributed by atoms with Crippen molar-refractivity contribution < 1.29 is 9.53 Å². The molecule has 0 fully saturated rings. The van der Waals surface area contributed by atoms with E-state index in [0.29, 0.717) is 11.5 Å². The van der Waals surface area contributed by atoms with E-state index < -0.39 is 0 Å². The molecule has 1 aliphatic heterocycles. The van der Waals surface area contributed by atoms with E-state index in [9.17, 15) is 4.79 Å². The number of aromatic nitrogens is 3. The first-order valence-electron chi connectivity index (χ1n) is 8.60. The molecule has 1 aromatic carbocycles. The lowest BCUT2D eigenvalue weighted by atomic mass is 10.0. The van der Waals surface area contributed by atoms with Crippen molar-refractivity contribution in [3.05, 3.63) is 72.4 Å². The van der Waals surface area contributed by atoms with Crippen LogP contribution in [0.2, 0.25) is 0 Å². The highest BCUT2D eigenvalue weighted by molar-refractivity contribution is 5.92. The highest BCUT2D eigenvalue weighted by atomic mass is 16.5. The second-order valence-electron chi connectivity index (χ2n) is 6.48. The van der Waals surface area contributed by atoms with Crippen molar-refractivity contribution in [2.45, 2.75) is 25.5 Å². The van der Waals surface area contributed by atoms with Crippen LogP contribution in [0.5, 0.6) is 5.75 Å². The SMILES string of the molecule is C[C@H]([C@@H]1Cc2ccccc2O1)N(C)C(=O)c1cccc(-n2ccnc2)n1. The van der Waals surface area contributed by atoms with Crippen LogP contribution in [0.15, 0.2) is 61.2 Å². The minimum absolute atomic E-state index is 0.0572. The van der Waals surface area contributed by atoms with Crippen LogP contribution in [0.25, 0.3) is 5.82 Å². The number of para-hydroxylation sites is 1. The molecule has 1 aliphatic rings. The molecule has 0 spiro atoms. The topological polar surface area (TPSA) is 60.2 Å². The Balaban J connectivity index is 1.51. The van der Waals surface area contributed by atoms with Crippen LogP contribution < -0.4 is 4.74 Å². The molecule has 0 unspecified atom stereocenters. The molecule has 0 saturated carbocycles. The van der Waals surface area contributed by atoms with E-state index in [2.05, 4.69) is 16.0 Å². The maximum Gasteiger partial charge on any atom is 0.272 e. The van der Waals surface area contributed by atoms with Gasteiger partial charge in [-0.2, -0.15) is 0 Å². The fraction of sp³-hybridized carbons (Fsp3) is 0.250. The lowest BCUT2D eigenvalue weighted by Crippen LogP contribution is -2.44. The van der Waals surface area contributed by atoms with E-state index in [4.69, 9.17) is 4.74 Å². The Morgan fingerprint density at radius 1 is 1.27 bits per heavy atom. The summed E-state index contributed by atoms with van der Waals surface area (Å²) in [7, 11) is 1.80. The first kappa shape index (κ1) is 16.3. The molecule has 2 aromatic heterocycles. The van der Waals surface area contributed by atoms with E-state index in [1.165, 1.54) is 5.56 Å². The number of amides is 1. The van der Waals surface area contributed by atoms with E-state index in [-0.39, 0.29) is 18.1 Å². The van der Waals surface area contributed by atoms with Crippen LogP contribution in [0, 0.1) is 0 Å². The molecule has 0 radical (unpaired) electrons. The summed E-state index contributed by atoms with van der Waals surface area (Å²) < 4.78 is 7.81. The third-order valence-electron chi connectivity index (χ3n) is 4.86. The number of carbonyl (C=O) groups excluding carboxylic acids is 1. The first-order valence-corrected chi connectivity index (χ1v) is 8.60. The molecule has 132 valence electrons. The number of ether oxygens (including phenoxy) is 1. The highest BCUT2D eigenvalue weighted by Crippen LogP contribution is 2.30. The minimum Gasteiger partial charge on any atom is -0.488 e. The number of imidazole rings is 1. The number of pyridine rings is 1. The summed E-state index contributed by atoms with van der Waals surface area (Å²) in [4.78, 5) is 23.1. The second-order valence-corrected chi connectivity index (χ2v) is 6.48. The molecule has 0 bridgehead atoms. The minimum atomic E-state index is -0.126. The summed E-state index contributed by atoms with van der Waals surface area (Å²) in [6.45, 7) is 2.01. The van der Waals surface area contributed by atoms with Crippen molar-refractivity contribution in [1.82, 2.24) is 19.4 Å². The summed E-state index contributed by atoms with van der Waals surface area (Å²) in [6.07, 6.45) is 5.88. The van der Waals surface area contributed by atoms with Crippen LogP contribution >= 0.6 is 0 Å². The summed E-state index contributed by atoms with van der Waals surface area (Å²) in [5.74, 6) is 1.45. The van der Waals surface area contributed by atoms with Gasteiger partial charge >= 0.3 is 0 Å². The normalized spacial score (nSPS) is 16.6. The molecule has 3 aromatic rings. The number of fused-ring (bicyclic) bond motifs is 1. The average Bonchev–Trinajstić information content (AvgIpc) is 3.36. The average molecular weight is 348 g/mol. The van der Waals surface area contributed by atoms with Gasteiger partial charge in [0.2, 0.25) is 0 Å². The summed E-state index contributed by atoms with van der Waals surface area (Å²) in [6, 6.07) is 13.3. The molecule has 6 nitrogen and oxygen atoms in total. The lowest BCUT2D eigenvalue weighted by molar-refractivity contribution is 0.0592. The third-order valence-corrected chi connectivity index (χ3v) is 4.86. The maximum atomic E-state index is 12.9. The lowest BCUT2D eigenvalue weighted by Gasteiger charge is -2.29. The van der Waals surface area contributed by atoms with Crippen molar-refractivity contribution in [2.24, 2.45) is 0 Å². The first-order chi connectivity index (χ1) is 12.6. The number of carbonyl (C=O) groups is 1. The van der Waals surface area contributed by atoms with Gasteiger partial charge in [-0.3, -0.25) is 9.36 Å². The zero-order chi connectivity index (χ0) is 18.1. The van der Waals surface area contributed by atoms with E-state index in [0.717, 1.165) is 12.2 Å². The number of hydrogen-bond acceptors (Lipinski definition) is 4. The Morgan fingerprint density at radius 3 is 2.88 bits per heavy atom. The molecule has 2 atom stereocenters. The number of likely N-dealkylation sites (N-methyl/N-ethyl adjacent to an activating group) is 1.